The lowest BCUT2D eigenvalue weighted by atomic mass is 9.80. The highest BCUT2D eigenvalue weighted by Crippen LogP contribution is 2.47. The number of hydrogen-bond donors (Lipinski definition) is 1. The van der Waals surface area contributed by atoms with Crippen LogP contribution in [0.2, 0.25) is 10.0 Å². The Kier molecular flexibility index (Phi) is 3.78. The number of carbonyl (C=O) groups excluding carboxylic acids is 3. The van der Waals surface area contributed by atoms with Crippen LogP contribution in [0.1, 0.15) is 17.5 Å². The fourth-order valence-electron chi connectivity index (χ4n) is 3.52. The van der Waals surface area contributed by atoms with Crippen molar-refractivity contribution in [3.8, 4) is 0 Å². The number of imide groups is 1. The van der Waals surface area contributed by atoms with Gasteiger partial charge in [0.2, 0.25) is 17.7 Å². The molecule has 1 N–H and O–H groups in total. The molecule has 8 heteroatoms. The molecule has 0 bridgehead atoms. The topological polar surface area (TPSA) is 66.5 Å². The molecule has 3 amide bonds. The van der Waals surface area contributed by atoms with Gasteiger partial charge in [-0.05, 0) is 36.4 Å². The van der Waals surface area contributed by atoms with Crippen molar-refractivity contribution in [2.45, 2.75) is 18.4 Å². The van der Waals surface area contributed by atoms with E-state index < -0.39 is 29.0 Å². The predicted octanol–water partition coefficient (Wildman–Crippen LogP) is 2.96. The third-order valence-corrected chi connectivity index (χ3v) is 5.19. The third kappa shape index (κ3) is 2.33. The van der Waals surface area contributed by atoms with Gasteiger partial charge in [-0.2, -0.15) is 0 Å². The van der Waals surface area contributed by atoms with E-state index in [0.717, 1.165) is 0 Å². The molecule has 2 aliphatic rings. The Morgan fingerprint density at radius 3 is 2.46 bits per heavy atom. The Balaban J connectivity index is 1.85. The second-order valence-electron chi connectivity index (χ2n) is 6.25. The van der Waals surface area contributed by atoms with E-state index in [2.05, 4.69) is 5.32 Å². The lowest BCUT2D eigenvalue weighted by Crippen LogP contribution is -2.45. The van der Waals surface area contributed by atoms with Crippen LogP contribution in [0.4, 0.5) is 10.1 Å². The number of nitrogens with zero attached hydrogens (tertiary/aromatic N) is 1. The van der Waals surface area contributed by atoms with Crippen LogP contribution in [-0.2, 0) is 26.3 Å². The summed E-state index contributed by atoms with van der Waals surface area (Å²) in [5.41, 5.74) is -0.690. The van der Waals surface area contributed by atoms with Gasteiger partial charge in [0.15, 0.2) is 5.41 Å². The van der Waals surface area contributed by atoms with Crippen LogP contribution in [0.25, 0.3) is 0 Å². The highest BCUT2D eigenvalue weighted by atomic mass is 35.5. The number of hydrogen-bond acceptors (Lipinski definition) is 3. The molecule has 4 rings (SSSR count). The van der Waals surface area contributed by atoms with Crippen molar-refractivity contribution in [1.82, 2.24) is 5.32 Å². The van der Waals surface area contributed by atoms with Crippen LogP contribution in [0.3, 0.4) is 0 Å². The predicted molar refractivity (Wildman–Crippen MR) is 93.5 cm³/mol. The van der Waals surface area contributed by atoms with Crippen molar-refractivity contribution in [2.75, 3.05) is 4.90 Å². The van der Waals surface area contributed by atoms with Crippen molar-refractivity contribution in [2.24, 2.45) is 0 Å². The molecule has 1 fully saturated rings. The summed E-state index contributed by atoms with van der Waals surface area (Å²) >= 11 is 12.0. The van der Waals surface area contributed by atoms with Crippen LogP contribution in [-0.4, -0.2) is 17.7 Å². The van der Waals surface area contributed by atoms with E-state index in [1.54, 1.807) is 12.1 Å². The maximum absolute atomic E-state index is 14.1. The molecule has 5 nitrogen and oxygen atoms in total. The largest absolute Gasteiger partial charge is 0.306 e. The average molecular weight is 393 g/mol. The Bertz CT molecular complexity index is 994. The highest BCUT2D eigenvalue weighted by molar-refractivity contribution is 6.32. The van der Waals surface area contributed by atoms with Crippen molar-refractivity contribution in [1.29, 1.82) is 0 Å². The van der Waals surface area contributed by atoms with Crippen LogP contribution in [0.15, 0.2) is 36.4 Å². The summed E-state index contributed by atoms with van der Waals surface area (Å²) in [5.74, 6) is -2.33. The van der Waals surface area contributed by atoms with Gasteiger partial charge in [0.25, 0.3) is 0 Å². The van der Waals surface area contributed by atoms with Gasteiger partial charge >= 0.3 is 0 Å². The van der Waals surface area contributed by atoms with Crippen LogP contribution in [0.5, 0.6) is 0 Å². The number of nitrogens with one attached hydrogen (secondary N) is 1. The first-order valence-corrected chi connectivity index (χ1v) is 8.49. The maximum Gasteiger partial charge on any atom is 0.248 e. The van der Waals surface area contributed by atoms with Gasteiger partial charge in [0, 0.05) is 26.9 Å². The quantitative estimate of drug-likeness (QED) is 0.630. The summed E-state index contributed by atoms with van der Waals surface area (Å²) in [6.45, 7) is -0.122. The summed E-state index contributed by atoms with van der Waals surface area (Å²) in [6.07, 6.45) is -0.299. The molecule has 1 spiro atoms. The Morgan fingerprint density at radius 1 is 1.08 bits per heavy atom. The van der Waals surface area contributed by atoms with Crippen LogP contribution in [0, 0.1) is 5.82 Å². The number of halogens is 3. The van der Waals surface area contributed by atoms with Crippen LogP contribution >= 0.6 is 23.2 Å². The summed E-state index contributed by atoms with van der Waals surface area (Å²) in [5, 5.41) is 2.84. The van der Waals surface area contributed by atoms with Gasteiger partial charge in [-0.1, -0.05) is 23.2 Å². The van der Waals surface area contributed by atoms with Crippen LogP contribution < -0.4 is 10.2 Å². The van der Waals surface area contributed by atoms with Crippen molar-refractivity contribution >= 4 is 46.6 Å². The fourth-order valence-corrected chi connectivity index (χ4v) is 3.89. The maximum atomic E-state index is 14.1. The monoisotopic (exact) mass is 392 g/mol. The molecule has 2 aromatic rings. The van der Waals surface area contributed by atoms with Crippen molar-refractivity contribution < 1.29 is 18.8 Å². The molecule has 132 valence electrons. The van der Waals surface area contributed by atoms with Crippen molar-refractivity contribution in [3.05, 3.63) is 63.4 Å². The molecule has 2 aliphatic heterocycles. The van der Waals surface area contributed by atoms with Gasteiger partial charge in [0.1, 0.15) is 5.82 Å². The molecule has 2 aromatic carbocycles. The molecule has 2 heterocycles. The molecular weight excluding hydrogens is 382 g/mol. The van der Waals surface area contributed by atoms with Gasteiger partial charge in [-0.25, -0.2) is 4.39 Å². The molecular formula is C18H11Cl2FN2O3. The van der Waals surface area contributed by atoms with E-state index >= 15 is 0 Å². The first-order valence-electron chi connectivity index (χ1n) is 7.73. The average Bonchev–Trinajstić information content (AvgIpc) is 3.00. The lowest BCUT2D eigenvalue weighted by Gasteiger charge is -2.21. The first-order chi connectivity index (χ1) is 12.3. The zero-order valence-corrected chi connectivity index (χ0v) is 14.7. The SMILES string of the molecule is O=C1CC2(C(=O)N1)C(=O)N(Cc1cc(Cl)ccc1F)c1ccc(Cl)cc12. The molecule has 1 atom stereocenters. The highest BCUT2D eigenvalue weighted by Gasteiger charge is 2.61. The fraction of sp³-hybridized carbons (Fsp3) is 0.167. The summed E-state index contributed by atoms with van der Waals surface area (Å²) < 4.78 is 14.1. The molecule has 0 aliphatic carbocycles. The second kappa shape index (κ2) is 5.79. The summed E-state index contributed by atoms with van der Waals surface area (Å²) in [7, 11) is 0. The Morgan fingerprint density at radius 2 is 1.77 bits per heavy atom. The smallest absolute Gasteiger partial charge is 0.248 e. The third-order valence-electron chi connectivity index (χ3n) is 4.72. The van der Waals surface area contributed by atoms with Gasteiger partial charge in [0.05, 0.1) is 13.0 Å². The van der Waals surface area contributed by atoms with E-state index in [1.165, 1.54) is 29.2 Å². The minimum absolute atomic E-state index is 0.122. The Labute approximate surface area is 157 Å². The first kappa shape index (κ1) is 17.0. The lowest BCUT2D eigenvalue weighted by molar-refractivity contribution is -0.133. The summed E-state index contributed by atoms with van der Waals surface area (Å²) in [6, 6.07) is 8.70. The number of benzene rings is 2. The van der Waals surface area contributed by atoms with Gasteiger partial charge in [-0.3, -0.25) is 19.7 Å². The molecule has 0 aromatic heterocycles. The van der Waals surface area contributed by atoms with E-state index in [0.29, 0.717) is 21.3 Å². The number of fused-ring (bicyclic) bond motifs is 2. The van der Waals surface area contributed by atoms with E-state index in [-0.39, 0.29) is 18.5 Å². The molecule has 26 heavy (non-hydrogen) atoms. The summed E-state index contributed by atoms with van der Waals surface area (Å²) in [4.78, 5) is 38.8. The normalized spacial score (nSPS) is 21.5. The molecule has 1 unspecified atom stereocenters. The van der Waals surface area contributed by atoms with Gasteiger partial charge in [-0.15, -0.1) is 0 Å². The minimum Gasteiger partial charge on any atom is -0.306 e. The number of anilines is 1. The van der Waals surface area contributed by atoms with Crippen molar-refractivity contribution in [3.63, 3.8) is 0 Å². The molecule has 1 saturated heterocycles. The van der Waals surface area contributed by atoms with E-state index in [9.17, 15) is 18.8 Å². The number of carbonyl (C=O) groups is 3. The van der Waals surface area contributed by atoms with E-state index in [4.69, 9.17) is 23.2 Å². The molecule has 0 radical (unpaired) electrons. The molecule has 0 saturated carbocycles. The second-order valence-corrected chi connectivity index (χ2v) is 7.12. The zero-order valence-electron chi connectivity index (χ0n) is 13.2. The Hall–Kier alpha value is -2.44. The zero-order chi connectivity index (χ0) is 18.6. The number of rotatable bonds is 2. The minimum atomic E-state index is -1.66. The number of amides is 3. The standard InChI is InChI=1S/C18H11Cl2FN2O3/c19-10-1-3-13(21)9(5-10)8-23-14-4-2-11(20)6-12(14)18(17(23)26)7-15(24)22-16(18)25/h1-6H,7-8H2,(H,22,24,25). The van der Waals surface area contributed by atoms with Gasteiger partial charge < -0.3 is 4.90 Å². The van der Waals surface area contributed by atoms with E-state index in [1.807, 2.05) is 0 Å².